The number of hydrogen-bond donors (Lipinski definition) is 1. The van der Waals surface area contributed by atoms with Crippen LogP contribution in [0, 0.1) is 12.7 Å². The molecule has 2 aromatic rings. The van der Waals surface area contributed by atoms with Crippen LogP contribution in [-0.2, 0) is 13.0 Å². The second-order valence-corrected chi connectivity index (χ2v) is 5.21. The lowest BCUT2D eigenvalue weighted by Gasteiger charge is -2.22. The minimum atomic E-state index is -0.232. The van der Waals surface area contributed by atoms with Crippen molar-refractivity contribution in [3.05, 3.63) is 47.4 Å². The van der Waals surface area contributed by atoms with E-state index in [4.69, 9.17) is 4.52 Å². The van der Waals surface area contributed by atoms with Crippen LogP contribution in [0.3, 0.4) is 0 Å². The van der Waals surface area contributed by atoms with Gasteiger partial charge in [0.05, 0.1) is 6.54 Å². The van der Waals surface area contributed by atoms with Crippen molar-refractivity contribution >= 4 is 5.96 Å². The smallest absolute Gasteiger partial charge is 0.228 e. The third-order valence-electron chi connectivity index (χ3n) is 3.16. The van der Waals surface area contributed by atoms with Gasteiger partial charge in [-0.2, -0.15) is 4.98 Å². The minimum Gasteiger partial charge on any atom is -0.357 e. The van der Waals surface area contributed by atoms with Gasteiger partial charge in [0, 0.05) is 26.6 Å². The molecule has 6 nitrogen and oxygen atoms in total. The maximum absolute atomic E-state index is 13.3. The van der Waals surface area contributed by atoms with E-state index in [1.54, 1.807) is 13.0 Å². The molecule has 2 rings (SSSR count). The van der Waals surface area contributed by atoms with Crippen molar-refractivity contribution in [2.45, 2.75) is 26.8 Å². The minimum absolute atomic E-state index is 0.232. The third kappa shape index (κ3) is 5.36. The number of aliphatic imine (C=N–C) groups is 1. The summed E-state index contributed by atoms with van der Waals surface area (Å²) in [5.74, 6) is 1.73. The van der Waals surface area contributed by atoms with Gasteiger partial charge >= 0.3 is 0 Å². The van der Waals surface area contributed by atoms with Crippen molar-refractivity contribution in [2.24, 2.45) is 4.99 Å². The Morgan fingerprint density at radius 1 is 1.43 bits per heavy atom. The van der Waals surface area contributed by atoms with Crippen LogP contribution in [0.5, 0.6) is 0 Å². The first-order valence-electron chi connectivity index (χ1n) is 7.61. The van der Waals surface area contributed by atoms with Gasteiger partial charge in [0.1, 0.15) is 5.82 Å². The van der Waals surface area contributed by atoms with Crippen LogP contribution >= 0.6 is 0 Å². The summed E-state index contributed by atoms with van der Waals surface area (Å²) in [6.45, 7) is 5.66. The molecule has 0 amide bonds. The van der Waals surface area contributed by atoms with Gasteiger partial charge < -0.3 is 14.7 Å². The summed E-state index contributed by atoms with van der Waals surface area (Å²) >= 11 is 0. The molecule has 0 aliphatic carbocycles. The van der Waals surface area contributed by atoms with Crippen molar-refractivity contribution in [1.29, 1.82) is 0 Å². The van der Waals surface area contributed by atoms with Gasteiger partial charge in [-0.15, -0.1) is 0 Å². The Morgan fingerprint density at radius 2 is 2.26 bits per heavy atom. The highest BCUT2D eigenvalue weighted by atomic mass is 19.1. The second kappa shape index (κ2) is 8.26. The highest BCUT2D eigenvalue weighted by Crippen LogP contribution is 2.06. The summed E-state index contributed by atoms with van der Waals surface area (Å²) in [6, 6.07) is 6.57. The van der Waals surface area contributed by atoms with Crippen LogP contribution in [0.1, 0.15) is 24.2 Å². The van der Waals surface area contributed by atoms with Crippen LogP contribution < -0.4 is 5.32 Å². The summed E-state index contributed by atoms with van der Waals surface area (Å²) in [5, 5.41) is 6.98. The number of aryl methyl sites for hydroxylation is 1. The Kier molecular flexibility index (Phi) is 6.08. The molecule has 1 aromatic heterocycles. The largest absolute Gasteiger partial charge is 0.357 e. The molecule has 0 bridgehead atoms. The first kappa shape index (κ1) is 16.9. The van der Waals surface area contributed by atoms with Crippen molar-refractivity contribution in [1.82, 2.24) is 20.4 Å². The molecule has 0 unspecified atom stereocenters. The molecule has 124 valence electrons. The molecule has 0 atom stereocenters. The summed E-state index contributed by atoms with van der Waals surface area (Å²) in [5.41, 5.74) is 0.894. The predicted molar refractivity (Wildman–Crippen MR) is 86.6 cm³/mol. The fourth-order valence-corrected chi connectivity index (χ4v) is 2.15. The van der Waals surface area contributed by atoms with E-state index in [1.807, 2.05) is 24.9 Å². The highest BCUT2D eigenvalue weighted by Gasteiger charge is 2.08. The number of halogens is 1. The molecule has 0 saturated carbocycles. The van der Waals surface area contributed by atoms with E-state index in [9.17, 15) is 4.39 Å². The molecule has 23 heavy (non-hydrogen) atoms. The highest BCUT2D eigenvalue weighted by molar-refractivity contribution is 5.79. The molecule has 1 aromatic carbocycles. The van der Waals surface area contributed by atoms with Gasteiger partial charge in [-0.25, -0.2) is 4.39 Å². The van der Waals surface area contributed by atoms with Gasteiger partial charge in [-0.05, 0) is 31.5 Å². The number of nitrogens with zero attached hydrogens (tertiary/aromatic N) is 4. The number of benzene rings is 1. The average molecular weight is 319 g/mol. The maximum Gasteiger partial charge on any atom is 0.228 e. The zero-order valence-electron chi connectivity index (χ0n) is 13.7. The monoisotopic (exact) mass is 319 g/mol. The Labute approximate surface area is 135 Å². The Morgan fingerprint density at radius 3 is 2.91 bits per heavy atom. The molecule has 0 saturated heterocycles. The van der Waals surface area contributed by atoms with Crippen LogP contribution in [0.2, 0.25) is 0 Å². The third-order valence-corrected chi connectivity index (χ3v) is 3.16. The van der Waals surface area contributed by atoms with Gasteiger partial charge in [0.25, 0.3) is 0 Å². The first-order chi connectivity index (χ1) is 11.1. The predicted octanol–water partition coefficient (Wildman–Crippen LogP) is 2.16. The number of aromatic nitrogens is 2. The Hall–Kier alpha value is -2.44. The summed E-state index contributed by atoms with van der Waals surface area (Å²) in [4.78, 5) is 10.7. The lowest BCUT2D eigenvalue weighted by atomic mass is 10.2. The fourth-order valence-electron chi connectivity index (χ4n) is 2.15. The van der Waals surface area contributed by atoms with E-state index < -0.39 is 0 Å². The van der Waals surface area contributed by atoms with Crippen LogP contribution in [-0.4, -0.2) is 41.1 Å². The molecule has 0 spiro atoms. The lowest BCUT2D eigenvalue weighted by molar-refractivity contribution is 0.375. The molecule has 0 radical (unpaired) electrons. The van der Waals surface area contributed by atoms with E-state index in [0.29, 0.717) is 31.2 Å². The van der Waals surface area contributed by atoms with Gasteiger partial charge in [0.15, 0.2) is 11.8 Å². The van der Waals surface area contributed by atoms with Crippen molar-refractivity contribution in [3.8, 4) is 0 Å². The number of hydrogen-bond acceptors (Lipinski definition) is 4. The first-order valence-corrected chi connectivity index (χ1v) is 7.61. The van der Waals surface area contributed by atoms with Crippen LogP contribution in [0.25, 0.3) is 0 Å². The quantitative estimate of drug-likeness (QED) is 0.653. The summed E-state index contributed by atoms with van der Waals surface area (Å²) in [7, 11) is 1.92. The van der Waals surface area contributed by atoms with Gasteiger partial charge in [0.2, 0.25) is 5.89 Å². The molecule has 0 aliphatic heterocycles. The average Bonchev–Trinajstić information content (AvgIpc) is 2.92. The normalized spacial score (nSPS) is 11.6. The number of guanidine groups is 1. The Bertz CT molecular complexity index is 655. The van der Waals surface area contributed by atoms with Gasteiger partial charge in [-0.3, -0.25) is 4.99 Å². The molecule has 0 aliphatic rings. The topological polar surface area (TPSA) is 66.5 Å². The molecule has 7 heteroatoms. The maximum atomic E-state index is 13.3. The van der Waals surface area contributed by atoms with E-state index in [-0.39, 0.29) is 5.82 Å². The zero-order valence-corrected chi connectivity index (χ0v) is 13.7. The Balaban J connectivity index is 1.96. The standard InChI is InChI=1S/C16H22FN5O/c1-4-18-16(19-9-8-15-20-12(2)21-23-15)22(3)11-13-6-5-7-14(17)10-13/h5-7,10H,4,8-9,11H2,1-3H3,(H,18,19). The van der Waals surface area contributed by atoms with Crippen LogP contribution in [0.4, 0.5) is 4.39 Å². The molecule has 1 N–H and O–H groups in total. The van der Waals surface area contributed by atoms with E-state index in [0.717, 1.165) is 18.1 Å². The molecule has 0 fully saturated rings. The van der Waals surface area contributed by atoms with E-state index in [2.05, 4.69) is 20.4 Å². The number of nitrogens with one attached hydrogen (secondary N) is 1. The van der Waals surface area contributed by atoms with E-state index in [1.165, 1.54) is 12.1 Å². The summed E-state index contributed by atoms with van der Waals surface area (Å²) < 4.78 is 18.3. The zero-order chi connectivity index (χ0) is 16.7. The van der Waals surface area contributed by atoms with Crippen molar-refractivity contribution in [3.63, 3.8) is 0 Å². The second-order valence-electron chi connectivity index (χ2n) is 5.21. The summed E-state index contributed by atoms with van der Waals surface area (Å²) in [6.07, 6.45) is 0.587. The van der Waals surface area contributed by atoms with Crippen molar-refractivity contribution < 1.29 is 8.91 Å². The van der Waals surface area contributed by atoms with Crippen LogP contribution in [0.15, 0.2) is 33.8 Å². The lowest BCUT2D eigenvalue weighted by Crippen LogP contribution is -2.38. The molecular weight excluding hydrogens is 297 g/mol. The molecular formula is C16H22FN5O. The van der Waals surface area contributed by atoms with Gasteiger partial charge in [-0.1, -0.05) is 17.3 Å². The molecule has 1 heterocycles. The fraction of sp³-hybridized carbons (Fsp3) is 0.438. The van der Waals surface area contributed by atoms with E-state index >= 15 is 0 Å². The number of rotatable bonds is 6. The SMILES string of the molecule is CCNC(=NCCc1nc(C)no1)N(C)Cc1cccc(F)c1. The van der Waals surface area contributed by atoms with Crippen molar-refractivity contribution in [2.75, 3.05) is 20.1 Å².